The molecule has 0 aliphatic heterocycles. The highest BCUT2D eigenvalue weighted by molar-refractivity contribution is 5.96. The van der Waals surface area contributed by atoms with Gasteiger partial charge in [0.05, 0.1) is 0 Å². The second-order valence-electron chi connectivity index (χ2n) is 10.3. The molecule has 7 nitrogen and oxygen atoms in total. The maximum atomic E-state index is 13.0. The van der Waals surface area contributed by atoms with Gasteiger partial charge in [-0.25, -0.2) is 9.59 Å². The molecule has 5 aromatic carbocycles. The van der Waals surface area contributed by atoms with Gasteiger partial charge in [0.1, 0.15) is 5.75 Å². The number of aliphatic imine (C=N–C) groups is 2. The van der Waals surface area contributed by atoms with Crippen molar-refractivity contribution in [2.24, 2.45) is 9.98 Å². The summed E-state index contributed by atoms with van der Waals surface area (Å²) >= 11 is 0. The molecule has 0 unspecified atom stereocenters. The predicted octanol–water partition coefficient (Wildman–Crippen LogP) is 6.60. The van der Waals surface area contributed by atoms with Crippen LogP contribution in [0, 0.1) is 6.92 Å². The molecule has 0 saturated heterocycles. The van der Waals surface area contributed by atoms with E-state index in [2.05, 4.69) is 9.98 Å². The lowest BCUT2D eigenvalue weighted by Crippen LogP contribution is -2.35. The van der Waals surface area contributed by atoms with Crippen LogP contribution in [0.3, 0.4) is 0 Å². The van der Waals surface area contributed by atoms with Crippen molar-refractivity contribution in [1.82, 2.24) is 0 Å². The fourth-order valence-electron chi connectivity index (χ4n) is 5.32. The summed E-state index contributed by atoms with van der Waals surface area (Å²) in [6, 6.07) is 38.1. The number of phenols is 1. The molecule has 0 atom stereocenters. The maximum Gasteiger partial charge on any atom is 0.340 e. The molecule has 44 heavy (non-hydrogen) atoms. The summed E-state index contributed by atoms with van der Waals surface area (Å²) in [5.41, 5.74) is -0.554. The van der Waals surface area contributed by atoms with Crippen molar-refractivity contribution in [2.75, 3.05) is 0 Å². The zero-order valence-corrected chi connectivity index (χ0v) is 23.9. The minimum Gasteiger partial charge on any atom is -0.507 e. The largest absolute Gasteiger partial charge is 0.507 e. The van der Waals surface area contributed by atoms with E-state index in [-0.39, 0.29) is 16.9 Å². The van der Waals surface area contributed by atoms with Crippen LogP contribution in [0.2, 0.25) is 0 Å². The number of aliphatic carboxylic acids is 2. The molecule has 0 radical (unpaired) electrons. The van der Waals surface area contributed by atoms with Crippen molar-refractivity contribution in [3.05, 3.63) is 172 Å². The predicted molar refractivity (Wildman–Crippen MR) is 171 cm³/mol. The SMILES string of the molecule is Cc1cc(C=NC(C(=O)O)(c2ccccc2)c2ccccc2)c(O)c(C=NC(C(=O)O)(c2ccccc2)c2ccccc2)c1. The number of phenolic OH excluding ortho intramolecular Hbond substituents is 1. The van der Waals surface area contributed by atoms with Gasteiger partial charge in [-0.15, -0.1) is 0 Å². The van der Waals surface area contributed by atoms with Crippen LogP contribution in [0.15, 0.2) is 143 Å². The van der Waals surface area contributed by atoms with Gasteiger partial charge in [-0.3, -0.25) is 9.98 Å². The molecule has 0 heterocycles. The Kier molecular flexibility index (Phi) is 8.49. The van der Waals surface area contributed by atoms with Crippen molar-refractivity contribution >= 4 is 24.4 Å². The number of aryl methyl sites for hydroxylation is 1. The minimum atomic E-state index is -1.79. The van der Waals surface area contributed by atoms with Gasteiger partial charge in [-0.1, -0.05) is 121 Å². The molecule has 3 N–H and O–H groups in total. The van der Waals surface area contributed by atoms with E-state index in [1.54, 1.807) is 133 Å². The van der Waals surface area contributed by atoms with E-state index in [1.807, 2.05) is 6.92 Å². The second-order valence-corrected chi connectivity index (χ2v) is 10.3. The fourth-order valence-corrected chi connectivity index (χ4v) is 5.32. The molecule has 0 aromatic heterocycles. The van der Waals surface area contributed by atoms with Gasteiger partial charge < -0.3 is 15.3 Å². The standard InChI is InChI=1S/C37H30N2O5/c1-26-22-27(24-38-36(34(41)42,29-14-6-2-7-15-29)30-16-8-3-9-17-30)33(40)28(23-26)25-39-37(35(43)44,31-18-10-4-11-19-31)32-20-12-5-13-21-32/h2-25,40H,1H3,(H,41,42)(H,43,44). The molecule has 218 valence electrons. The van der Waals surface area contributed by atoms with Gasteiger partial charge in [0.2, 0.25) is 11.1 Å². The van der Waals surface area contributed by atoms with Gasteiger partial charge in [0.25, 0.3) is 0 Å². The van der Waals surface area contributed by atoms with Crippen molar-refractivity contribution in [3.8, 4) is 5.75 Å². The van der Waals surface area contributed by atoms with E-state index in [0.29, 0.717) is 22.3 Å². The highest BCUT2D eigenvalue weighted by Gasteiger charge is 2.43. The molecule has 0 amide bonds. The van der Waals surface area contributed by atoms with E-state index in [1.165, 1.54) is 12.4 Å². The Labute approximate surface area is 255 Å². The fraction of sp³-hybridized carbons (Fsp3) is 0.0811. The van der Waals surface area contributed by atoms with Crippen molar-refractivity contribution in [1.29, 1.82) is 0 Å². The van der Waals surface area contributed by atoms with Crippen LogP contribution >= 0.6 is 0 Å². The summed E-state index contributed by atoms with van der Waals surface area (Å²) in [6.45, 7) is 1.81. The van der Waals surface area contributed by atoms with E-state index in [9.17, 15) is 24.9 Å². The number of hydrogen-bond donors (Lipinski definition) is 3. The third kappa shape index (κ3) is 5.51. The molecule has 0 saturated carbocycles. The van der Waals surface area contributed by atoms with Gasteiger partial charge in [0, 0.05) is 23.6 Å². The summed E-state index contributed by atoms with van der Waals surface area (Å²) in [5.74, 6) is -2.59. The van der Waals surface area contributed by atoms with E-state index < -0.39 is 23.0 Å². The molecular formula is C37H30N2O5. The zero-order valence-electron chi connectivity index (χ0n) is 23.9. The van der Waals surface area contributed by atoms with Gasteiger partial charge in [-0.2, -0.15) is 0 Å². The quantitative estimate of drug-likeness (QED) is 0.160. The van der Waals surface area contributed by atoms with Crippen LogP contribution in [0.4, 0.5) is 0 Å². The lowest BCUT2D eigenvalue weighted by atomic mass is 9.83. The Bertz CT molecular complexity index is 1610. The first kappa shape index (κ1) is 29.7. The highest BCUT2D eigenvalue weighted by atomic mass is 16.4. The van der Waals surface area contributed by atoms with Crippen molar-refractivity contribution in [2.45, 2.75) is 18.0 Å². The number of carboxylic acids is 2. The molecule has 5 aromatic rings. The second kappa shape index (κ2) is 12.6. The highest BCUT2D eigenvalue weighted by Crippen LogP contribution is 2.37. The number of rotatable bonds is 10. The maximum absolute atomic E-state index is 13.0. The number of benzene rings is 5. The first-order chi connectivity index (χ1) is 21.3. The van der Waals surface area contributed by atoms with Crippen LogP contribution < -0.4 is 0 Å². The molecule has 0 spiro atoms. The number of hydrogen-bond acceptors (Lipinski definition) is 5. The first-order valence-corrected chi connectivity index (χ1v) is 13.9. The van der Waals surface area contributed by atoms with E-state index in [4.69, 9.17) is 0 Å². The Morgan fingerprint density at radius 1 is 0.545 bits per heavy atom. The molecular weight excluding hydrogens is 552 g/mol. The van der Waals surface area contributed by atoms with Crippen LogP contribution in [-0.2, 0) is 20.7 Å². The Balaban J connectivity index is 1.65. The van der Waals surface area contributed by atoms with Crippen molar-refractivity contribution < 1.29 is 24.9 Å². The zero-order chi connectivity index (χ0) is 31.2. The summed E-state index contributed by atoms with van der Waals surface area (Å²) < 4.78 is 0. The molecule has 0 aliphatic rings. The summed E-state index contributed by atoms with van der Waals surface area (Å²) in [7, 11) is 0. The Morgan fingerprint density at radius 3 is 1.07 bits per heavy atom. The number of nitrogens with zero attached hydrogens (tertiary/aromatic N) is 2. The van der Waals surface area contributed by atoms with Crippen LogP contribution in [-0.4, -0.2) is 39.7 Å². The summed E-state index contributed by atoms with van der Waals surface area (Å²) in [4.78, 5) is 35.1. The normalized spacial score (nSPS) is 12.0. The number of aromatic hydroxyl groups is 1. The number of carbonyl (C=O) groups is 2. The Hall–Kier alpha value is -5.82. The topological polar surface area (TPSA) is 120 Å². The molecule has 0 aliphatic carbocycles. The van der Waals surface area contributed by atoms with E-state index in [0.717, 1.165) is 5.56 Å². The summed E-state index contributed by atoms with van der Waals surface area (Å²) in [6.07, 6.45) is 2.68. The summed E-state index contributed by atoms with van der Waals surface area (Å²) in [5, 5.41) is 32.5. The van der Waals surface area contributed by atoms with Crippen LogP contribution in [0.1, 0.15) is 38.9 Å². The molecule has 0 fully saturated rings. The van der Waals surface area contributed by atoms with Gasteiger partial charge >= 0.3 is 11.9 Å². The van der Waals surface area contributed by atoms with Crippen molar-refractivity contribution in [3.63, 3.8) is 0 Å². The van der Waals surface area contributed by atoms with Crippen LogP contribution in [0.5, 0.6) is 5.75 Å². The Morgan fingerprint density at radius 2 is 0.818 bits per heavy atom. The minimum absolute atomic E-state index is 0.219. The lowest BCUT2D eigenvalue weighted by molar-refractivity contribution is -0.142. The van der Waals surface area contributed by atoms with Crippen LogP contribution in [0.25, 0.3) is 0 Å². The average Bonchev–Trinajstić information content (AvgIpc) is 3.05. The smallest absolute Gasteiger partial charge is 0.340 e. The monoisotopic (exact) mass is 582 g/mol. The van der Waals surface area contributed by atoms with E-state index >= 15 is 0 Å². The third-order valence-corrected chi connectivity index (χ3v) is 7.49. The van der Waals surface area contributed by atoms with Gasteiger partial charge in [-0.05, 0) is 46.9 Å². The molecule has 5 rings (SSSR count). The first-order valence-electron chi connectivity index (χ1n) is 13.9. The third-order valence-electron chi connectivity index (χ3n) is 7.49. The lowest BCUT2D eigenvalue weighted by Gasteiger charge is -2.27. The molecule has 0 bridgehead atoms. The molecule has 7 heteroatoms. The van der Waals surface area contributed by atoms with Gasteiger partial charge in [0.15, 0.2) is 0 Å². The average molecular weight is 583 g/mol. The number of carboxylic acid groups (broad SMARTS) is 2.